The van der Waals surface area contributed by atoms with Gasteiger partial charge in [0.2, 0.25) is 5.91 Å². The fourth-order valence-electron chi connectivity index (χ4n) is 3.95. The van der Waals surface area contributed by atoms with Crippen LogP contribution in [0.4, 0.5) is 0 Å². The Morgan fingerprint density at radius 3 is 2.55 bits per heavy atom. The number of rotatable bonds is 4. The first-order valence-electron chi connectivity index (χ1n) is 8.65. The van der Waals surface area contributed by atoms with E-state index in [-0.39, 0.29) is 11.8 Å². The summed E-state index contributed by atoms with van der Waals surface area (Å²) in [5.41, 5.74) is 2.06. The average Bonchev–Trinajstić information content (AvgIpc) is 3.15. The molecule has 0 aromatic carbocycles. The molecule has 1 aliphatic heterocycles. The number of aromatic nitrogens is 2. The zero-order valence-electron chi connectivity index (χ0n) is 13.8. The Morgan fingerprint density at radius 1 is 1.27 bits per heavy atom. The maximum Gasteiger partial charge on any atom is 0.223 e. The molecule has 0 radical (unpaired) electrons. The number of nitrogens with zero attached hydrogens (tertiary/aromatic N) is 3. The van der Waals surface area contributed by atoms with Crippen molar-refractivity contribution in [2.75, 3.05) is 13.1 Å². The summed E-state index contributed by atoms with van der Waals surface area (Å²) in [5.74, 6) is 0.400. The van der Waals surface area contributed by atoms with Crippen molar-refractivity contribution in [3.8, 4) is 0 Å². The van der Waals surface area contributed by atoms with Crippen LogP contribution in [0.25, 0.3) is 0 Å². The number of piperidine rings is 1. The number of carbonyl (C=O) groups is 1. The van der Waals surface area contributed by atoms with Crippen molar-refractivity contribution in [1.82, 2.24) is 20.0 Å². The number of aryl methyl sites for hydroxylation is 2. The maximum absolute atomic E-state index is 12.4. The first kappa shape index (κ1) is 15.5. The van der Waals surface area contributed by atoms with Crippen LogP contribution in [0.2, 0.25) is 0 Å². The van der Waals surface area contributed by atoms with Gasteiger partial charge in [-0.2, -0.15) is 5.10 Å². The normalized spacial score (nSPS) is 21.4. The molecule has 1 aromatic heterocycles. The first-order chi connectivity index (χ1) is 10.6. The standard InChI is InChI=1S/C17H28N4O/c1-13-11-16(20(2)19-13)12-18-17(22)14-7-9-21(10-8-14)15-5-3-4-6-15/h11,14-15H,3-10,12H2,1-2H3,(H,18,22). The molecule has 2 fully saturated rings. The third-order valence-electron chi connectivity index (χ3n) is 5.28. The number of hydrogen-bond acceptors (Lipinski definition) is 3. The van der Waals surface area contributed by atoms with Gasteiger partial charge in [-0.3, -0.25) is 9.48 Å². The van der Waals surface area contributed by atoms with Crippen molar-refractivity contribution in [3.63, 3.8) is 0 Å². The molecule has 2 heterocycles. The lowest BCUT2D eigenvalue weighted by molar-refractivity contribution is -0.126. The molecule has 2 aliphatic rings. The molecule has 1 N–H and O–H groups in total. The highest BCUT2D eigenvalue weighted by Gasteiger charge is 2.29. The molecule has 1 saturated heterocycles. The van der Waals surface area contributed by atoms with Crippen LogP contribution in [0.15, 0.2) is 6.07 Å². The van der Waals surface area contributed by atoms with Gasteiger partial charge in [-0.15, -0.1) is 0 Å². The van der Waals surface area contributed by atoms with Gasteiger partial charge >= 0.3 is 0 Å². The van der Waals surface area contributed by atoms with E-state index >= 15 is 0 Å². The third kappa shape index (κ3) is 3.51. The van der Waals surface area contributed by atoms with E-state index in [1.807, 2.05) is 24.7 Å². The summed E-state index contributed by atoms with van der Waals surface area (Å²) in [6, 6.07) is 2.82. The van der Waals surface area contributed by atoms with Gasteiger partial charge in [0.1, 0.15) is 0 Å². The van der Waals surface area contributed by atoms with E-state index in [0.717, 1.165) is 43.4 Å². The molecule has 1 aromatic rings. The lowest BCUT2D eigenvalue weighted by Gasteiger charge is -2.35. The summed E-state index contributed by atoms with van der Waals surface area (Å²) in [4.78, 5) is 15.0. The fourth-order valence-corrected chi connectivity index (χ4v) is 3.95. The van der Waals surface area contributed by atoms with Crippen molar-refractivity contribution in [2.45, 2.75) is 58.0 Å². The highest BCUT2D eigenvalue weighted by molar-refractivity contribution is 5.78. The van der Waals surface area contributed by atoms with Crippen molar-refractivity contribution < 1.29 is 4.79 Å². The monoisotopic (exact) mass is 304 g/mol. The van der Waals surface area contributed by atoms with Crippen LogP contribution in [-0.2, 0) is 18.4 Å². The summed E-state index contributed by atoms with van der Waals surface area (Å²) in [7, 11) is 1.93. The summed E-state index contributed by atoms with van der Waals surface area (Å²) in [6.07, 6.45) is 7.50. The van der Waals surface area contributed by atoms with Crippen LogP contribution in [0.3, 0.4) is 0 Å². The lowest BCUT2D eigenvalue weighted by atomic mass is 9.94. The fraction of sp³-hybridized carbons (Fsp3) is 0.765. The Morgan fingerprint density at radius 2 is 1.95 bits per heavy atom. The van der Waals surface area contributed by atoms with Gasteiger partial charge in [-0.05, 0) is 51.8 Å². The Kier molecular flexibility index (Phi) is 4.81. The summed E-state index contributed by atoms with van der Waals surface area (Å²) in [5, 5.41) is 7.40. The molecule has 1 saturated carbocycles. The summed E-state index contributed by atoms with van der Waals surface area (Å²) in [6.45, 7) is 4.74. The Hall–Kier alpha value is -1.36. The van der Waals surface area contributed by atoms with Crippen LogP contribution in [0.5, 0.6) is 0 Å². The van der Waals surface area contributed by atoms with Crippen molar-refractivity contribution >= 4 is 5.91 Å². The van der Waals surface area contributed by atoms with Gasteiger partial charge in [0.05, 0.1) is 17.9 Å². The second-order valence-corrected chi connectivity index (χ2v) is 6.87. The van der Waals surface area contributed by atoms with Gasteiger partial charge in [0.15, 0.2) is 0 Å². The molecule has 0 spiro atoms. The molecule has 5 heteroatoms. The lowest BCUT2D eigenvalue weighted by Crippen LogP contribution is -2.44. The topological polar surface area (TPSA) is 50.2 Å². The van der Waals surface area contributed by atoms with Gasteiger partial charge in [-0.1, -0.05) is 12.8 Å². The second-order valence-electron chi connectivity index (χ2n) is 6.87. The van der Waals surface area contributed by atoms with Crippen molar-refractivity contribution in [1.29, 1.82) is 0 Å². The van der Waals surface area contributed by atoms with Crippen molar-refractivity contribution in [2.24, 2.45) is 13.0 Å². The molecule has 0 bridgehead atoms. The predicted molar refractivity (Wildman–Crippen MR) is 86.3 cm³/mol. The Balaban J connectivity index is 1.44. The van der Waals surface area contributed by atoms with Gasteiger partial charge < -0.3 is 10.2 Å². The van der Waals surface area contributed by atoms with Crippen LogP contribution in [-0.4, -0.2) is 39.7 Å². The number of hydrogen-bond donors (Lipinski definition) is 1. The largest absolute Gasteiger partial charge is 0.350 e. The smallest absolute Gasteiger partial charge is 0.223 e. The molecular formula is C17H28N4O. The van der Waals surface area contributed by atoms with Crippen LogP contribution < -0.4 is 5.32 Å². The zero-order chi connectivity index (χ0) is 15.5. The van der Waals surface area contributed by atoms with E-state index in [1.54, 1.807) is 0 Å². The van der Waals surface area contributed by atoms with Gasteiger partial charge in [0, 0.05) is 19.0 Å². The maximum atomic E-state index is 12.4. The summed E-state index contributed by atoms with van der Waals surface area (Å²) < 4.78 is 1.85. The third-order valence-corrected chi connectivity index (χ3v) is 5.28. The molecule has 0 unspecified atom stereocenters. The number of carbonyl (C=O) groups excluding carboxylic acids is 1. The van der Waals surface area contributed by atoms with Crippen molar-refractivity contribution in [3.05, 3.63) is 17.5 Å². The van der Waals surface area contributed by atoms with Gasteiger partial charge in [-0.25, -0.2) is 0 Å². The van der Waals surface area contributed by atoms with E-state index in [1.165, 1.54) is 25.7 Å². The zero-order valence-corrected chi connectivity index (χ0v) is 13.8. The van der Waals surface area contributed by atoms with Crippen LogP contribution >= 0.6 is 0 Å². The minimum absolute atomic E-state index is 0.187. The highest BCUT2D eigenvalue weighted by Crippen LogP contribution is 2.27. The first-order valence-corrected chi connectivity index (χ1v) is 8.65. The van der Waals surface area contributed by atoms with Gasteiger partial charge in [0.25, 0.3) is 0 Å². The molecule has 22 heavy (non-hydrogen) atoms. The number of nitrogens with one attached hydrogen (secondary N) is 1. The Labute approximate surface area is 133 Å². The van der Waals surface area contributed by atoms with E-state index in [0.29, 0.717) is 6.54 Å². The van der Waals surface area contributed by atoms with E-state index in [9.17, 15) is 4.79 Å². The quantitative estimate of drug-likeness (QED) is 0.925. The molecule has 1 aliphatic carbocycles. The van der Waals surface area contributed by atoms with Crippen LogP contribution in [0.1, 0.15) is 49.9 Å². The molecule has 3 rings (SSSR count). The average molecular weight is 304 g/mol. The Bertz CT molecular complexity index is 511. The minimum atomic E-state index is 0.187. The van der Waals surface area contributed by atoms with Crippen LogP contribution in [0, 0.1) is 12.8 Å². The van der Waals surface area contributed by atoms with E-state index in [4.69, 9.17) is 0 Å². The molecular weight excluding hydrogens is 276 g/mol. The predicted octanol–water partition coefficient (Wildman–Crippen LogP) is 2.00. The summed E-state index contributed by atoms with van der Waals surface area (Å²) >= 11 is 0. The highest BCUT2D eigenvalue weighted by atomic mass is 16.1. The second kappa shape index (κ2) is 6.82. The van der Waals surface area contributed by atoms with E-state index in [2.05, 4.69) is 15.3 Å². The molecule has 0 atom stereocenters. The SMILES string of the molecule is Cc1cc(CNC(=O)C2CCN(C3CCCC3)CC2)n(C)n1. The number of likely N-dealkylation sites (tertiary alicyclic amines) is 1. The van der Waals surface area contributed by atoms with E-state index < -0.39 is 0 Å². The number of amides is 1. The molecule has 5 nitrogen and oxygen atoms in total. The minimum Gasteiger partial charge on any atom is -0.350 e. The molecule has 122 valence electrons. The molecule has 1 amide bonds.